The van der Waals surface area contributed by atoms with Crippen molar-refractivity contribution >= 4 is 11.6 Å². The van der Waals surface area contributed by atoms with Crippen molar-refractivity contribution in [3.8, 4) is 0 Å². The highest BCUT2D eigenvalue weighted by molar-refractivity contribution is 5.99. The summed E-state index contributed by atoms with van der Waals surface area (Å²) in [4.78, 5) is 15.9. The molecule has 1 atom stereocenters. The van der Waals surface area contributed by atoms with Crippen LogP contribution in [0.1, 0.15) is 24.2 Å². The zero-order valence-electron chi connectivity index (χ0n) is 10.5. The number of nitrogens with zero attached hydrogens (tertiary/aromatic N) is 1. The summed E-state index contributed by atoms with van der Waals surface area (Å²) in [5, 5.41) is 5.82. The maximum Gasteiger partial charge on any atom is 0.255 e. The topological polar surface area (TPSA) is 63.2 Å². The summed E-state index contributed by atoms with van der Waals surface area (Å²) >= 11 is 0. The number of carbonyl (C=O) groups is 1. The molecule has 0 aliphatic carbocycles. The molecule has 1 amide bonds. The Kier molecular flexibility index (Phi) is 5.42. The van der Waals surface area contributed by atoms with Gasteiger partial charge in [-0.1, -0.05) is 0 Å². The first kappa shape index (κ1) is 13.4. The minimum absolute atomic E-state index is 0.0210. The van der Waals surface area contributed by atoms with Gasteiger partial charge in [-0.25, -0.2) is 0 Å². The van der Waals surface area contributed by atoms with Gasteiger partial charge in [0.2, 0.25) is 0 Å². The lowest BCUT2D eigenvalue weighted by Gasteiger charge is -2.15. The minimum Gasteiger partial charge on any atom is -0.387 e. The maximum atomic E-state index is 12.0. The molecule has 5 nitrogen and oxygen atoms in total. The normalized spacial score (nSPS) is 11.9. The molecule has 0 spiro atoms. The Morgan fingerprint density at radius 2 is 2.35 bits per heavy atom. The second-order valence-corrected chi connectivity index (χ2v) is 3.71. The number of hydrogen-bond acceptors (Lipinski definition) is 4. The van der Waals surface area contributed by atoms with Crippen LogP contribution >= 0.6 is 0 Å². The highest BCUT2D eigenvalue weighted by atomic mass is 16.5. The van der Waals surface area contributed by atoms with E-state index in [1.165, 1.54) is 0 Å². The Morgan fingerprint density at radius 1 is 1.59 bits per heavy atom. The van der Waals surface area contributed by atoms with Gasteiger partial charge >= 0.3 is 0 Å². The van der Waals surface area contributed by atoms with E-state index in [0.29, 0.717) is 18.8 Å². The highest BCUT2D eigenvalue weighted by Crippen LogP contribution is 2.12. The van der Waals surface area contributed by atoms with Gasteiger partial charge in [0.25, 0.3) is 5.91 Å². The number of anilines is 1. The van der Waals surface area contributed by atoms with Crippen molar-refractivity contribution in [1.29, 1.82) is 0 Å². The summed E-state index contributed by atoms with van der Waals surface area (Å²) in [7, 11) is 1.77. The summed E-state index contributed by atoms with van der Waals surface area (Å²) in [5.74, 6) is -0.144. The quantitative estimate of drug-likeness (QED) is 0.782. The van der Waals surface area contributed by atoms with Crippen LogP contribution in [0.2, 0.25) is 0 Å². The van der Waals surface area contributed by atoms with Gasteiger partial charge < -0.3 is 15.4 Å². The minimum atomic E-state index is -0.144. The molecule has 94 valence electrons. The van der Waals surface area contributed by atoms with Crippen molar-refractivity contribution in [2.75, 3.05) is 25.6 Å². The Labute approximate surface area is 102 Å². The zero-order valence-corrected chi connectivity index (χ0v) is 10.5. The molecule has 1 aromatic rings. The highest BCUT2D eigenvalue weighted by Gasteiger charge is 2.13. The van der Waals surface area contributed by atoms with E-state index in [2.05, 4.69) is 15.6 Å². The Balaban J connectivity index is 2.63. The van der Waals surface area contributed by atoms with E-state index in [4.69, 9.17) is 4.74 Å². The fourth-order valence-electron chi connectivity index (χ4n) is 1.43. The lowest BCUT2D eigenvalue weighted by atomic mass is 10.2. The third kappa shape index (κ3) is 4.03. The van der Waals surface area contributed by atoms with Crippen molar-refractivity contribution in [2.45, 2.75) is 19.9 Å². The average molecular weight is 237 g/mol. The van der Waals surface area contributed by atoms with E-state index in [-0.39, 0.29) is 11.9 Å². The molecule has 0 radical (unpaired) electrons. The molecular formula is C12H19N3O2. The summed E-state index contributed by atoms with van der Waals surface area (Å²) in [6.07, 6.45) is 3.20. The summed E-state index contributed by atoms with van der Waals surface area (Å²) in [6.45, 7) is 4.99. The summed E-state index contributed by atoms with van der Waals surface area (Å²) in [6, 6.07) is 1.75. The number of nitrogens with one attached hydrogen (secondary N) is 2. The van der Waals surface area contributed by atoms with Crippen LogP contribution in [0.15, 0.2) is 18.5 Å². The van der Waals surface area contributed by atoms with Gasteiger partial charge in [-0.2, -0.15) is 0 Å². The third-order valence-electron chi connectivity index (χ3n) is 2.28. The van der Waals surface area contributed by atoms with Crippen LogP contribution in [0.25, 0.3) is 0 Å². The van der Waals surface area contributed by atoms with E-state index in [9.17, 15) is 4.79 Å². The number of aromatic nitrogens is 1. The third-order valence-corrected chi connectivity index (χ3v) is 2.28. The number of amides is 1. The van der Waals surface area contributed by atoms with Crippen molar-refractivity contribution in [2.24, 2.45) is 0 Å². The Hall–Kier alpha value is -1.62. The molecule has 5 heteroatoms. The van der Waals surface area contributed by atoms with Crippen LogP contribution in [-0.2, 0) is 4.74 Å². The molecule has 0 bridgehead atoms. The largest absolute Gasteiger partial charge is 0.387 e. The summed E-state index contributed by atoms with van der Waals surface area (Å²) < 4.78 is 5.24. The van der Waals surface area contributed by atoms with E-state index >= 15 is 0 Å². The van der Waals surface area contributed by atoms with E-state index in [1.54, 1.807) is 25.5 Å². The second-order valence-electron chi connectivity index (χ2n) is 3.71. The number of pyridine rings is 1. The van der Waals surface area contributed by atoms with Gasteiger partial charge in [0.15, 0.2) is 0 Å². The van der Waals surface area contributed by atoms with Crippen molar-refractivity contribution in [3.05, 3.63) is 24.0 Å². The standard InChI is InChI=1S/C12H19N3O2/c1-4-17-8-9(2)15-12(16)10-7-14-6-5-11(10)13-3/h5-7,9H,4,8H2,1-3H3,(H,13,14)(H,15,16). The lowest BCUT2D eigenvalue weighted by molar-refractivity contribution is 0.0872. The van der Waals surface area contributed by atoms with E-state index in [0.717, 1.165) is 5.69 Å². The molecule has 17 heavy (non-hydrogen) atoms. The monoisotopic (exact) mass is 237 g/mol. The average Bonchev–Trinajstić information content (AvgIpc) is 2.36. The van der Waals surface area contributed by atoms with Crippen LogP contribution in [0.3, 0.4) is 0 Å². The molecule has 0 aliphatic rings. The van der Waals surface area contributed by atoms with Gasteiger partial charge in [-0.3, -0.25) is 9.78 Å². The molecule has 0 aromatic carbocycles. The van der Waals surface area contributed by atoms with Crippen LogP contribution in [0.4, 0.5) is 5.69 Å². The Bertz CT molecular complexity index is 369. The van der Waals surface area contributed by atoms with Crippen LogP contribution in [0.5, 0.6) is 0 Å². The molecule has 2 N–H and O–H groups in total. The van der Waals surface area contributed by atoms with Gasteiger partial charge in [-0.05, 0) is 19.9 Å². The van der Waals surface area contributed by atoms with Crippen LogP contribution < -0.4 is 10.6 Å². The molecule has 0 aliphatic heterocycles. The first-order valence-electron chi connectivity index (χ1n) is 5.69. The molecule has 0 fully saturated rings. The molecule has 1 unspecified atom stereocenters. The fraction of sp³-hybridized carbons (Fsp3) is 0.500. The molecule has 0 saturated carbocycles. The lowest BCUT2D eigenvalue weighted by Crippen LogP contribution is -2.36. The zero-order chi connectivity index (χ0) is 12.7. The van der Waals surface area contributed by atoms with Crippen LogP contribution in [-0.4, -0.2) is 37.2 Å². The Morgan fingerprint density at radius 3 is 3.00 bits per heavy atom. The van der Waals surface area contributed by atoms with E-state index < -0.39 is 0 Å². The van der Waals surface area contributed by atoms with E-state index in [1.807, 2.05) is 13.8 Å². The van der Waals surface area contributed by atoms with Crippen molar-refractivity contribution in [1.82, 2.24) is 10.3 Å². The molecule has 1 heterocycles. The van der Waals surface area contributed by atoms with Crippen molar-refractivity contribution in [3.63, 3.8) is 0 Å². The SMILES string of the molecule is CCOCC(C)NC(=O)c1cnccc1NC. The van der Waals surface area contributed by atoms with Gasteiger partial charge in [0, 0.05) is 37.8 Å². The number of hydrogen-bond donors (Lipinski definition) is 2. The molecular weight excluding hydrogens is 218 g/mol. The second kappa shape index (κ2) is 6.85. The smallest absolute Gasteiger partial charge is 0.255 e. The van der Waals surface area contributed by atoms with Gasteiger partial charge in [-0.15, -0.1) is 0 Å². The first-order chi connectivity index (χ1) is 8.19. The van der Waals surface area contributed by atoms with Crippen LogP contribution in [0, 0.1) is 0 Å². The summed E-state index contributed by atoms with van der Waals surface area (Å²) in [5.41, 5.74) is 1.31. The fourth-order valence-corrected chi connectivity index (χ4v) is 1.43. The number of ether oxygens (including phenoxy) is 1. The predicted octanol–water partition coefficient (Wildman–Crippen LogP) is 1.28. The first-order valence-corrected chi connectivity index (χ1v) is 5.69. The van der Waals surface area contributed by atoms with Gasteiger partial charge in [0.05, 0.1) is 12.2 Å². The molecule has 0 saturated heterocycles. The number of carbonyl (C=O) groups excluding carboxylic acids is 1. The maximum absolute atomic E-state index is 12.0. The molecule has 1 aromatic heterocycles. The molecule has 1 rings (SSSR count). The number of rotatable bonds is 6. The van der Waals surface area contributed by atoms with Gasteiger partial charge in [0.1, 0.15) is 0 Å². The van der Waals surface area contributed by atoms with Crippen molar-refractivity contribution < 1.29 is 9.53 Å². The predicted molar refractivity (Wildman–Crippen MR) is 67.2 cm³/mol.